The van der Waals surface area contributed by atoms with Crippen LogP contribution in [0.5, 0.6) is 0 Å². The van der Waals surface area contributed by atoms with Crippen LogP contribution in [0.25, 0.3) is 0 Å². The lowest BCUT2D eigenvalue weighted by Crippen LogP contribution is -2.30. The minimum absolute atomic E-state index is 0.0781. The van der Waals surface area contributed by atoms with E-state index in [1.807, 2.05) is 12.1 Å². The second-order valence-electron chi connectivity index (χ2n) is 5.03. The van der Waals surface area contributed by atoms with Crippen molar-refractivity contribution in [2.45, 2.75) is 13.0 Å². The first-order valence-corrected chi connectivity index (χ1v) is 6.78. The Balaban J connectivity index is 1.86. The van der Waals surface area contributed by atoms with Crippen molar-refractivity contribution >= 4 is 6.09 Å². The standard InChI is InChI=1S/C16H16N2O3/c19-15-7-10-17(16(20)21)9-6-14(15)18-8-5-12-3-1-2-4-13(12)11-18/h1-4,6-7,9-10,19H,5,8,11H2,(H,20,21). The third kappa shape index (κ3) is 2.63. The molecule has 5 nitrogen and oxygen atoms in total. The van der Waals surface area contributed by atoms with Crippen LogP contribution in [0.2, 0.25) is 0 Å². The summed E-state index contributed by atoms with van der Waals surface area (Å²) < 4.78 is 0. The lowest BCUT2D eigenvalue weighted by Gasteiger charge is -2.31. The Morgan fingerprint density at radius 1 is 1.10 bits per heavy atom. The maximum Gasteiger partial charge on any atom is 0.415 e. The predicted octanol–water partition coefficient (Wildman–Crippen LogP) is 2.84. The van der Waals surface area contributed by atoms with E-state index in [1.54, 1.807) is 6.08 Å². The van der Waals surface area contributed by atoms with Gasteiger partial charge in [-0.15, -0.1) is 0 Å². The van der Waals surface area contributed by atoms with E-state index >= 15 is 0 Å². The summed E-state index contributed by atoms with van der Waals surface area (Å²) in [5, 5.41) is 19.1. The number of benzene rings is 1. The van der Waals surface area contributed by atoms with E-state index in [9.17, 15) is 9.90 Å². The van der Waals surface area contributed by atoms with Gasteiger partial charge in [-0.3, -0.25) is 4.90 Å². The van der Waals surface area contributed by atoms with Gasteiger partial charge in [0.2, 0.25) is 0 Å². The highest BCUT2D eigenvalue weighted by molar-refractivity contribution is 5.68. The second-order valence-corrected chi connectivity index (χ2v) is 5.03. The van der Waals surface area contributed by atoms with Crippen LogP contribution in [0.1, 0.15) is 11.1 Å². The zero-order valence-electron chi connectivity index (χ0n) is 11.4. The van der Waals surface area contributed by atoms with Crippen molar-refractivity contribution in [2.75, 3.05) is 6.54 Å². The maximum absolute atomic E-state index is 11.0. The van der Waals surface area contributed by atoms with Gasteiger partial charge in [0.15, 0.2) is 0 Å². The van der Waals surface area contributed by atoms with E-state index in [0.717, 1.165) is 17.9 Å². The van der Waals surface area contributed by atoms with Crippen LogP contribution in [0.3, 0.4) is 0 Å². The largest absolute Gasteiger partial charge is 0.506 e. The molecule has 0 aliphatic carbocycles. The first kappa shape index (κ1) is 13.3. The molecule has 1 aromatic rings. The molecule has 0 aromatic heterocycles. The van der Waals surface area contributed by atoms with Gasteiger partial charge in [0.05, 0.1) is 5.70 Å². The number of aliphatic hydroxyl groups is 1. The van der Waals surface area contributed by atoms with E-state index in [-0.39, 0.29) is 5.76 Å². The Bertz CT molecular complexity index is 661. The Morgan fingerprint density at radius 3 is 2.57 bits per heavy atom. The number of hydrogen-bond donors (Lipinski definition) is 2. The molecule has 0 atom stereocenters. The third-order valence-corrected chi connectivity index (χ3v) is 3.74. The van der Waals surface area contributed by atoms with Crippen LogP contribution in [0.4, 0.5) is 4.79 Å². The molecule has 3 rings (SSSR count). The fourth-order valence-corrected chi connectivity index (χ4v) is 2.62. The molecular weight excluding hydrogens is 268 g/mol. The average molecular weight is 284 g/mol. The van der Waals surface area contributed by atoms with Crippen LogP contribution < -0.4 is 0 Å². The molecule has 0 bridgehead atoms. The minimum Gasteiger partial charge on any atom is -0.506 e. The molecule has 0 saturated carbocycles. The first-order valence-electron chi connectivity index (χ1n) is 6.78. The van der Waals surface area contributed by atoms with Crippen molar-refractivity contribution in [1.29, 1.82) is 0 Å². The van der Waals surface area contributed by atoms with Crippen LogP contribution in [-0.2, 0) is 13.0 Å². The Kier molecular flexibility index (Phi) is 3.39. The molecule has 0 radical (unpaired) electrons. The fourth-order valence-electron chi connectivity index (χ4n) is 2.62. The van der Waals surface area contributed by atoms with Crippen LogP contribution in [0, 0.1) is 0 Å². The molecule has 5 heteroatoms. The quantitative estimate of drug-likeness (QED) is 0.832. The minimum atomic E-state index is -1.08. The van der Waals surface area contributed by atoms with Crippen LogP contribution in [-0.4, -0.2) is 32.7 Å². The van der Waals surface area contributed by atoms with Crippen molar-refractivity contribution in [3.05, 3.63) is 71.4 Å². The summed E-state index contributed by atoms with van der Waals surface area (Å²) in [6.45, 7) is 1.50. The summed E-state index contributed by atoms with van der Waals surface area (Å²) >= 11 is 0. The number of rotatable bonds is 1. The molecule has 0 spiro atoms. The molecular formula is C16H16N2O3. The highest BCUT2D eigenvalue weighted by Gasteiger charge is 2.20. The van der Waals surface area contributed by atoms with E-state index in [2.05, 4.69) is 17.0 Å². The summed E-state index contributed by atoms with van der Waals surface area (Å²) in [4.78, 5) is 14.0. The number of hydrogen-bond acceptors (Lipinski definition) is 3. The van der Waals surface area contributed by atoms with Crippen molar-refractivity contribution in [2.24, 2.45) is 0 Å². The van der Waals surface area contributed by atoms with Crippen LogP contribution >= 0.6 is 0 Å². The highest BCUT2D eigenvalue weighted by Crippen LogP contribution is 2.24. The van der Waals surface area contributed by atoms with E-state index in [1.165, 1.54) is 29.6 Å². The van der Waals surface area contributed by atoms with E-state index in [4.69, 9.17) is 5.11 Å². The Morgan fingerprint density at radius 2 is 1.81 bits per heavy atom. The number of allylic oxidation sites excluding steroid dienone is 2. The van der Waals surface area contributed by atoms with Gasteiger partial charge >= 0.3 is 6.09 Å². The van der Waals surface area contributed by atoms with Crippen molar-refractivity contribution in [3.63, 3.8) is 0 Å². The monoisotopic (exact) mass is 284 g/mol. The van der Waals surface area contributed by atoms with Gasteiger partial charge in [0.1, 0.15) is 5.76 Å². The molecule has 2 N–H and O–H groups in total. The highest BCUT2D eigenvalue weighted by atomic mass is 16.4. The topological polar surface area (TPSA) is 64.0 Å². The lowest BCUT2D eigenvalue weighted by atomic mass is 9.99. The third-order valence-electron chi connectivity index (χ3n) is 3.74. The van der Waals surface area contributed by atoms with Gasteiger partial charge in [-0.1, -0.05) is 24.3 Å². The molecule has 108 valence electrons. The van der Waals surface area contributed by atoms with Gasteiger partial charge < -0.3 is 15.1 Å². The maximum atomic E-state index is 11.0. The predicted molar refractivity (Wildman–Crippen MR) is 78.4 cm³/mol. The molecule has 1 amide bonds. The molecule has 1 aromatic carbocycles. The summed E-state index contributed by atoms with van der Waals surface area (Å²) in [5.74, 6) is 0.0781. The number of carboxylic acid groups (broad SMARTS) is 1. The number of nitrogens with zero attached hydrogens (tertiary/aromatic N) is 2. The fraction of sp³-hybridized carbons (Fsp3) is 0.188. The van der Waals surface area contributed by atoms with Gasteiger partial charge in [0, 0.05) is 25.5 Å². The van der Waals surface area contributed by atoms with Crippen molar-refractivity contribution in [3.8, 4) is 0 Å². The van der Waals surface area contributed by atoms with Gasteiger partial charge in [-0.05, 0) is 29.7 Å². The zero-order valence-corrected chi connectivity index (χ0v) is 11.4. The molecule has 21 heavy (non-hydrogen) atoms. The number of carbonyl (C=O) groups is 1. The van der Waals surface area contributed by atoms with E-state index in [0.29, 0.717) is 12.2 Å². The van der Waals surface area contributed by atoms with Gasteiger partial charge in [0.25, 0.3) is 0 Å². The van der Waals surface area contributed by atoms with Crippen molar-refractivity contribution < 1.29 is 15.0 Å². The summed E-state index contributed by atoms with van der Waals surface area (Å²) in [5.41, 5.74) is 3.21. The Hall–Kier alpha value is -2.69. The van der Waals surface area contributed by atoms with E-state index < -0.39 is 6.09 Å². The molecule has 2 aliphatic rings. The first-order chi connectivity index (χ1) is 10.1. The average Bonchev–Trinajstić information content (AvgIpc) is 2.69. The zero-order chi connectivity index (χ0) is 14.8. The number of amides is 1. The second kappa shape index (κ2) is 5.36. The number of fused-ring (bicyclic) bond motifs is 1. The molecule has 0 saturated heterocycles. The molecule has 0 fully saturated rings. The molecule has 2 aliphatic heterocycles. The van der Waals surface area contributed by atoms with Gasteiger partial charge in [-0.25, -0.2) is 4.79 Å². The molecule has 2 heterocycles. The normalized spacial score (nSPS) is 17.7. The van der Waals surface area contributed by atoms with Crippen LogP contribution in [0.15, 0.2) is 60.3 Å². The lowest BCUT2D eigenvalue weighted by molar-refractivity contribution is 0.175. The Labute approximate surface area is 122 Å². The number of aliphatic hydroxyl groups excluding tert-OH is 1. The summed E-state index contributed by atoms with van der Waals surface area (Å²) in [6.07, 6.45) is 5.64. The van der Waals surface area contributed by atoms with Crippen molar-refractivity contribution in [1.82, 2.24) is 9.80 Å². The summed E-state index contributed by atoms with van der Waals surface area (Å²) in [7, 11) is 0. The smallest absolute Gasteiger partial charge is 0.415 e. The SMILES string of the molecule is O=C(O)N1C=CC(O)=C(N2CCc3ccccc3C2)C=C1. The van der Waals surface area contributed by atoms with Gasteiger partial charge in [-0.2, -0.15) is 0 Å². The molecule has 0 unspecified atom stereocenters. The summed E-state index contributed by atoms with van der Waals surface area (Å²) in [6, 6.07) is 8.24.